The van der Waals surface area contributed by atoms with Crippen LogP contribution in [0.5, 0.6) is 0 Å². The fraction of sp³-hybridized carbons (Fsp3) is 0.294. The van der Waals surface area contributed by atoms with Crippen LogP contribution in [0.3, 0.4) is 0 Å². The summed E-state index contributed by atoms with van der Waals surface area (Å²) in [5, 5.41) is 0.672. The highest BCUT2D eigenvalue weighted by molar-refractivity contribution is 9.10. The zero-order chi connectivity index (χ0) is 17.6. The summed E-state index contributed by atoms with van der Waals surface area (Å²) in [4.78, 5) is 34.8. The van der Waals surface area contributed by atoms with Gasteiger partial charge in [0.2, 0.25) is 5.78 Å². The Morgan fingerprint density at radius 1 is 1.33 bits per heavy atom. The molecule has 1 aliphatic heterocycles. The lowest BCUT2D eigenvalue weighted by Gasteiger charge is -2.34. The molecular weight excluding hydrogens is 392 g/mol. The van der Waals surface area contributed by atoms with Gasteiger partial charge in [0.1, 0.15) is 10.9 Å². The fourth-order valence-corrected chi connectivity index (χ4v) is 3.73. The molecule has 0 aliphatic carbocycles. The molecule has 1 saturated heterocycles. The van der Waals surface area contributed by atoms with Gasteiger partial charge in [0.05, 0.1) is 11.4 Å². The number of hydrogen-bond acceptors (Lipinski definition) is 6. The van der Waals surface area contributed by atoms with E-state index in [1.54, 1.807) is 20.0 Å². The summed E-state index contributed by atoms with van der Waals surface area (Å²) in [5.41, 5.74) is 0.0664. The van der Waals surface area contributed by atoms with Gasteiger partial charge in [0, 0.05) is 15.5 Å². The molecule has 2 aromatic heterocycles. The maximum Gasteiger partial charge on any atom is 0.213 e. The van der Waals surface area contributed by atoms with Gasteiger partial charge in [-0.1, -0.05) is 6.58 Å². The minimum atomic E-state index is -1.10. The second-order valence-electron chi connectivity index (χ2n) is 6.02. The first-order valence-electron chi connectivity index (χ1n) is 7.26. The lowest BCUT2D eigenvalue weighted by molar-refractivity contribution is -0.150. The van der Waals surface area contributed by atoms with E-state index >= 15 is 0 Å². The first-order valence-corrected chi connectivity index (χ1v) is 8.87. The summed E-state index contributed by atoms with van der Waals surface area (Å²) >= 11 is 4.75. The van der Waals surface area contributed by atoms with Crippen molar-refractivity contribution in [2.75, 3.05) is 0 Å². The quantitative estimate of drug-likeness (QED) is 0.559. The summed E-state index contributed by atoms with van der Waals surface area (Å²) in [6.07, 6.45) is 1.68. The van der Waals surface area contributed by atoms with Gasteiger partial charge >= 0.3 is 0 Å². The summed E-state index contributed by atoms with van der Waals surface area (Å²) in [6, 6.07) is 3.71. The van der Waals surface area contributed by atoms with E-state index in [1.807, 2.05) is 19.1 Å². The van der Waals surface area contributed by atoms with E-state index in [2.05, 4.69) is 32.5 Å². The van der Waals surface area contributed by atoms with Gasteiger partial charge in [-0.15, -0.1) is 11.3 Å². The molecule has 1 atom stereocenters. The Bertz CT molecular complexity index is 855. The van der Waals surface area contributed by atoms with Crippen LogP contribution in [0.2, 0.25) is 0 Å². The number of thiazole rings is 1. The van der Waals surface area contributed by atoms with Crippen molar-refractivity contribution < 1.29 is 14.3 Å². The lowest BCUT2D eigenvalue weighted by Crippen LogP contribution is -2.47. The highest BCUT2D eigenvalue weighted by Crippen LogP contribution is 2.38. The summed E-state index contributed by atoms with van der Waals surface area (Å²) < 4.78 is 6.23. The second-order valence-corrected chi connectivity index (χ2v) is 8.14. The molecule has 7 heteroatoms. The van der Waals surface area contributed by atoms with Crippen LogP contribution in [0.1, 0.15) is 30.3 Å². The van der Waals surface area contributed by atoms with Crippen molar-refractivity contribution in [1.29, 1.82) is 0 Å². The third kappa shape index (κ3) is 2.82. The number of pyridine rings is 1. The first kappa shape index (κ1) is 17.0. The maximum atomic E-state index is 12.7. The molecule has 0 amide bonds. The smallest absolute Gasteiger partial charge is 0.213 e. The molecule has 5 nitrogen and oxygen atoms in total. The Morgan fingerprint density at radius 2 is 2.04 bits per heavy atom. The fourth-order valence-electron chi connectivity index (χ4n) is 2.57. The van der Waals surface area contributed by atoms with Crippen LogP contribution in [-0.4, -0.2) is 27.1 Å². The molecule has 0 saturated carbocycles. The number of rotatable bonds is 2. The summed E-state index contributed by atoms with van der Waals surface area (Å²) in [7, 11) is 0. The molecule has 3 heterocycles. The summed E-state index contributed by atoms with van der Waals surface area (Å²) in [6.45, 7) is 8.76. The largest absolute Gasteiger partial charge is 0.477 e. The third-order valence-corrected chi connectivity index (χ3v) is 5.30. The standard InChI is InChI=1S/C17H15BrN2O3S/c1-8-14(21)12(15(22)17(3,4)23-8)13-9(2)24-16(20-13)11-6-5-10(18)7-19-11/h5-7,12H,1H2,2-4H3. The van der Waals surface area contributed by atoms with E-state index in [-0.39, 0.29) is 11.5 Å². The maximum absolute atomic E-state index is 12.7. The molecule has 0 aromatic carbocycles. The number of nitrogens with zero attached hydrogens (tertiary/aromatic N) is 2. The average Bonchev–Trinajstić information content (AvgIpc) is 2.88. The molecule has 1 unspecified atom stereocenters. The van der Waals surface area contributed by atoms with E-state index in [9.17, 15) is 9.59 Å². The molecule has 1 fully saturated rings. The number of ether oxygens (including phenoxy) is 1. The van der Waals surface area contributed by atoms with Gasteiger partial charge in [0.25, 0.3) is 0 Å². The molecule has 0 bridgehead atoms. The van der Waals surface area contributed by atoms with Crippen LogP contribution >= 0.6 is 27.3 Å². The molecule has 0 radical (unpaired) electrons. The Kier molecular flexibility index (Phi) is 4.17. The number of aromatic nitrogens is 2. The van der Waals surface area contributed by atoms with E-state index in [0.717, 1.165) is 9.35 Å². The minimum Gasteiger partial charge on any atom is -0.477 e. The number of halogens is 1. The Labute approximate surface area is 151 Å². The van der Waals surface area contributed by atoms with Gasteiger partial charge in [-0.25, -0.2) is 4.98 Å². The zero-order valence-corrected chi connectivity index (χ0v) is 15.8. The van der Waals surface area contributed by atoms with Crippen molar-refractivity contribution in [1.82, 2.24) is 9.97 Å². The van der Waals surface area contributed by atoms with Crippen molar-refractivity contribution in [2.24, 2.45) is 0 Å². The van der Waals surface area contributed by atoms with Crippen LogP contribution in [0, 0.1) is 6.92 Å². The van der Waals surface area contributed by atoms with Crippen LogP contribution in [-0.2, 0) is 14.3 Å². The van der Waals surface area contributed by atoms with Gasteiger partial charge < -0.3 is 4.74 Å². The van der Waals surface area contributed by atoms with E-state index in [0.29, 0.717) is 16.4 Å². The zero-order valence-electron chi connectivity index (χ0n) is 13.4. The highest BCUT2D eigenvalue weighted by Gasteiger charge is 2.48. The topological polar surface area (TPSA) is 69.2 Å². The van der Waals surface area contributed by atoms with Gasteiger partial charge in [-0.2, -0.15) is 0 Å². The van der Waals surface area contributed by atoms with Gasteiger partial charge in [0.15, 0.2) is 17.1 Å². The Hall–Kier alpha value is -1.86. The molecule has 0 spiro atoms. The third-order valence-electron chi connectivity index (χ3n) is 3.82. The van der Waals surface area contributed by atoms with Gasteiger partial charge in [-0.05, 0) is 48.8 Å². The van der Waals surface area contributed by atoms with E-state index in [4.69, 9.17) is 4.74 Å². The van der Waals surface area contributed by atoms with Crippen molar-refractivity contribution in [3.05, 3.63) is 45.7 Å². The van der Waals surface area contributed by atoms with Crippen molar-refractivity contribution >= 4 is 38.8 Å². The number of aryl methyl sites for hydroxylation is 1. The Morgan fingerprint density at radius 3 is 2.67 bits per heavy atom. The highest BCUT2D eigenvalue weighted by atomic mass is 79.9. The number of ketones is 2. The molecule has 24 heavy (non-hydrogen) atoms. The first-order chi connectivity index (χ1) is 11.2. The van der Waals surface area contributed by atoms with Crippen molar-refractivity contribution in [3.8, 4) is 10.7 Å². The Balaban J connectivity index is 2.06. The molecule has 3 rings (SSSR count). The molecule has 1 aliphatic rings. The minimum absolute atomic E-state index is 0.000293. The van der Waals surface area contributed by atoms with Crippen molar-refractivity contribution in [2.45, 2.75) is 32.3 Å². The lowest BCUT2D eigenvalue weighted by atomic mass is 9.82. The van der Waals surface area contributed by atoms with Crippen LogP contribution < -0.4 is 0 Å². The number of Topliss-reactive ketones (excluding diaryl/α,β-unsaturated/α-hetero) is 2. The van der Waals surface area contributed by atoms with Gasteiger partial charge in [-0.3, -0.25) is 14.6 Å². The predicted molar refractivity (Wildman–Crippen MR) is 94.8 cm³/mol. The number of carbonyl (C=O) groups excluding carboxylic acids is 2. The molecule has 124 valence electrons. The van der Waals surface area contributed by atoms with Crippen LogP contribution in [0.15, 0.2) is 35.1 Å². The monoisotopic (exact) mass is 406 g/mol. The average molecular weight is 407 g/mol. The second kappa shape index (κ2) is 5.89. The molecule has 2 aromatic rings. The normalized spacial score (nSPS) is 20.2. The summed E-state index contributed by atoms with van der Waals surface area (Å²) in [5.74, 6) is -1.70. The molecule has 0 N–H and O–H groups in total. The number of allylic oxidation sites excluding steroid dienone is 1. The van der Waals surface area contributed by atoms with E-state index < -0.39 is 17.3 Å². The number of hydrogen-bond donors (Lipinski definition) is 0. The van der Waals surface area contributed by atoms with E-state index in [1.165, 1.54) is 11.3 Å². The number of carbonyl (C=O) groups is 2. The van der Waals surface area contributed by atoms with Crippen molar-refractivity contribution in [3.63, 3.8) is 0 Å². The molecular formula is C17H15BrN2O3S. The van der Waals surface area contributed by atoms with Crippen LogP contribution in [0.4, 0.5) is 0 Å². The SMILES string of the molecule is C=C1OC(C)(C)C(=O)C(c2nc(-c3ccc(Br)cn3)sc2C)C1=O. The van der Waals surface area contributed by atoms with Crippen LogP contribution in [0.25, 0.3) is 10.7 Å². The predicted octanol–water partition coefficient (Wildman–Crippen LogP) is 3.82.